The lowest BCUT2D eigenvalue weighted by atomic mass is 9.74. The first-order valence-corrected chi connectivity index (χ1v) is 12.4. The van der Waals surface area contributed by atoms with E-state index in [1.165, 1.54) is 16.9 Å². The number of likely N-dealkylation sites (tertiary alicyclic amines) is 1. The minimum absolute atomic E-state index is 0.0599. The van der Waals surface area contributed by atoms with Gasteiger partial charge in [0.2, 0.25) is 11.9 Å². The fourth-order valence-corrected chi connectivity index (χ4v) is 5.42. The highest BCUT2D eigenvalue weighted by Gasteiger charge is 2.48. The van der Waals surface area contributed by atoms with Crippen molar-refractivity contribution in [3.63, 3.8) is 0 Å². The Balaban J connectivity index is 1.35. The van der Waals surface area contributed by atoms with E-state index >= 15 is 4.39 Å². The van der Waals surface area contributed by atoms with Gasteiger partial charge in [-0.2, -0.15) is 5.10 Å². The average Bonchev–Trinajstić information content (AvgIpc) is 3.47. The van der Waals surface area contributed by atoms with E-state index in [1.807, 2.05) is 0 Å². The van der Waals surface area contributed by atoms with Gasteiger partial charge in [-0.3, -0.25) is 9.48 Å². The van der Waals surface area contributed by atoms with Gasteiger partial charge in [0.05, 0.1) is 35.7 Å². The Morgan fingerprint density at radius 1 is 1.32 bits per heavy atom. The van der Waals surface area contributed by atoms with Gasteiger partial charge in [-0.15, -0.1) is 0 Å². The lowest BCUT2D eigenvalue weighted by Gasteiger charge is -2.42. The molecule has 1 aromatic carbocycles. The fourth-order valence-electron chi connectivity index (χ4n) is 5.25. The molecule has 3 atom stereocenters. The van der Waals surface area contributed by atoms with Crippen molar-refractivity contribution in [3.05, 3.63) is 64.0 Å². The number of aromatic nitrogens is 4. The number of nitrogens with zero attached hydrogens (tertiary/aromatic N) is 6. The van der Waals surface area contributed by atoms with Gasteiger partial charge >= 0.3 is 0 Å². The molecule has 2 fully saturated rings. The number of halogens is 4. The predicted molar refractivity (Wildman–Crippen MR) is 131 cm³/mol. The van der Waals surface area contributed by atoms with E-state index < -0.39 is 29.1 Å². The Hall–Kier alpha value is -3.34. The maximum atomic E-state index is 15.4. The lowest BCUT2D eigenvalue weighted by Crippen LogP contribution is -2.57. The van der Waals surface area contributed by atoms with Crippen LogP contribution in [0.25, 0.3) is 0 Å². The molecule has 4 heterocycles. The van der Waals surface area contributed by atoms with Gasteiger partial charge in [0.1, 0.15) is 12.0 Å². The van der Waals surface area contributed by atoms with E-state index in [4.69, 9.17) is 18.0 Å². The molecule has 194 valence electrons. The first kappa shape index (κ1) is 22.8. The summed E-state index contributed by atoms with van der Waals surface area (Å²) in [5, 5.41) is 7.33. The second-order valence-corrected chi connectivity index (χ2v) is 10.6. The monoisotopic (exact) mass is 532 g/mol. The summed E-state index contributed by atoms with van der Waals surface area (Å²) in [5.41, 5.74) is -0.0334. The molecule has 1 N–H and O–H groups in total. The van der Waals surface area contributed by atoms with Crippen LogP contribution >= 0.6 is 11.6 Å². The summed E-state index contributed by atoms with van der Waals surface area (Å²) >= 11 is 6.13. The largest absolute Gasteiger partial charge is 0.348 e. The summed E-state index contributed by atoms with van der Waals surface area (Å²) in [6.07, 6.45) is 0.393. The average molecular weight is 533 g/mol. The number of benzene rings is 1. The van der Waals surface area contributed by atoms with Gasteiger partial charge in [0.15, 0.2) is 11.6 Å². The molecule has 1 aliphatic carbocycles. The van der Waals surface area contributed by atoms with Crippen LogP contribution in [0.4, 0.5) is 24.9 Å². The van der Waals surface area contributed by atoms with Crippen molar-refractivity contribution < 1.29 is 19.3 Å². The third kappa shape index (κ3) is 4.09. The number of carbonyl (C=O) groups is 1. The van der Waals surface area contributed by atoms with Crippen molar-refractivity contribution in [3.8, 4) is 0 Å². The van der Waals surface area contributed by atoms with Gasteiger partial charge in [-0.25, -0.2) is 23.1 Å². The molecule has 37 heavy (non-hydrogen) atoms. The van der Waals surface area contributed by atoms with E-state index in [9.17, 15) is 13.6 Å². The lowest BCUT2D eigenvalue weighted by molar-refractivity contribution is -0.136. The molecular weight excluding hydrogens is 507 g/mol. The Morgan fingerprint density at radius 2 is 2.08 bits per heavy atom. The van der Waals surface area contributed by atoms with Crippen LogP contribution in [0.15, 0.2) is 30.6 Å². The molecule has 1 amide bonds. The first-order valence-electron chi connectivity index (χ1n) is 12.5. The van der Waals surface area contributed by atoms with Crippen LogP contribution in [0, 0.1) is 17.6 Å². The van der Waals surface area contributed by atoms with Crippen molar-refractivity contribution in [1.29, 1.82) is 0 Å². The zero-order chi connectivity index (χ0) is 26.9. The highest BCUT2D eigenvalue weighted by molar-refractivity contribution is 6.30. The van der Waals surface area contributed by atoms with E-state index in [0.717, 1.165) is 0 Å². The number of anilines is 2. The number of nitrogens with one attached hydrogen (secondary N) is 1. The van der Waals surface area contributed by atoms with Crippen LogP contribution in [-0.4, -0.2) is 62.4 Å². The number of hydrogen-bond donors (Lipinski definition) is 1. The van der Waals surface area contributed by atoms with Crippen LogP contribution in [0.1, 0.15) is 31.5 Å². The van der Waals surface area contributed by atoms with E-state index in [1.54, 1.807) is 35.9 Å². The summed E-state index contributed by atoms with van der Waals surface area (Å²) in [6, 6.07) is 4.52. The third-order valence-electron chi connectivity index (χ3n) is 7.35. The molecule has 2 aliphatic heterocycles. The Labute approximate surface area is 217 Å². The van der Waals surface area contributed by atoms with Gasteiger partial charge in [-0.05, 0) is 19.4 Å². The van der Waals surface area contributed by atoms with Crippen molar-refractivity contribution in [2.24, 2.45) is 13.0 Å². The van der Waals surface area contributed by atoms with Crippen LogP contribution in [0.3, 0.4) is 0 Å². The zero-order valence-electron chi connectivity index (χ0n) is 21.2. The molecule has 1 unspecified atom stereocenters. The molecule has 1 saturated heterocycles. The quantitative estimate of drug-likeness (QED) is 0.542. The molecule has 0 bridgehead atoms. The minimum Gasteiger partial charge on any atom is -0.348 e. The SMILES string of the molecule is [2H]c1nc(NC2CN(C(=O)[C@@H]3C[C@@H]3F)C2)nc2c1CN(c1nn(C)cc1F)CC2(C)c1cccc(Cl)c1F. The highest BCUT2D eigenvalue weighted by Crippen LogP contribution is 2.42. The predicted octanol–water partition coefficient (Wildman–Crippen LogP) is 3.45. The molecule has 0 radical (unpaired) electrons. The van der Waals surface area contributed by atoms with Crippen molar-refractivity contribution >= 4 is 29.3 Å². The van der Waals surface area contributed by atoms with Crippen molar-refractivity contribution in [2.75, 3.05) is 29.9 Å². The summed E-state index contributed by atoms with van der Waals surface area (Å²) in [6.45, 7) is 2.76. The molecule has 3 aliphatic rings. The number of alkyl halides is 1. The topological polar surface area (TPSA) is 79.2 Å². The van der Waals surface area contributed by atoms with Crippen LogP contribution in [0.2, 0.25) is 5.02 Å². The summed E-state index contributed by atoms with van der Waals surface area (Å²) in [4.78, 5) is 24.5. The van der Waals surface area contributed by atoms with Crippen molar-refractivity contribution in [1.82, 2.24) is 24.6 Å². The molecule has 2 aromatic heterocycles. The van der Waals surface area contributed by atoms with Gasteiger partial charge in [0.25, 0.3) is 0 Å². The zero-order valence-corrected chi connectivity index (χ0v) is 20.9. The van der Waals surface area contributed by atoms with Gasteiger partial charge in [-0.1, -0.05) is 23.7 Å². The molecule has 12 heteroatoms. The van der Waals surface area contributed by atoms with Gasteiger partial charge in [0, 0.05) is 50.5 Å². The standard InChI is InChI=1S/C25H25ClF3N7O/c1-25(16-4-3-5-17(26)20(16)29)12-36(22-19(28)11-34(2)33-22)8-13-7-30-24(32-21(13)25)31-14-9-35(10-14)23(37)15-6-18(15)27/h3-5,7,11,14-15,18H,6,8-10,12H2,1-2H3,(H,30,31,32)/t15-,18+,25?/m1/s1/i7D. The van der Waals surface area contributed by atoms with E-state index in [0.29, 0.717) is 24.3 Å². The second kappa shape index (κ2) is 8.61. The normalized spacial score (nSPS) is 25.4. The van der Waals surface area contributed by atoms with Crippen LogP contribution < -0.4 is 10.2 Å². The summed E-state index contributed by atoms with van der Waals surface area (Å²) in [7, 11) is 1.60. The molecule has 6 rings (SSSR count). The molecule has 3 aromatic rings. The fraction of sp³-hybridized carbons (Fsp3) is 0.440. The molecular formula is C25H25ClF3N7O. The van der Waals surface area contributed by atoms with Crippen LogP contribution in [-0.2, 0) is 23.8 Å². The number of carbonyl (C=O) groups excluding carboxylic acids is 1. The highest BCUT2D eigenvalue weighted by atomic mass is 35.5. The third-order valence-corrected chi connectivity index (χ3v) is 7.64. The van der Waals surface area contributed by atoms with E-state index in [2.05, 4.69) is 15.4 Å². The van der Waals surface area contributed by atoms with Crippen molar-refractivity contribution in [2.45, 2.75) is 37.5 Å². The first-order chi connectivity index (χ1) is 18.0. The van der Waals surface area contributed by atoms with Crippen LogP contribution in [0.5, 0.6) is 0 Å². The van der Waals surface area contributed by atoms with Gasteiger partial charge < -0.3 is 15.1 Å². The Kier molecular flexibility index (Phi) is 5.31. The minimum atomic E-state index is -1.13. The molecule has 1 saturated carbocycles. The Morgan fingerprint density at radius 3 is 2.76 bits per heavy atom. The number of hydrogen-bond acceptors (Lipinski definition) is 6. The molecule has 8 nitrogen and oxygen atoms in total. The molecule has 0 spiro atoms. The van der Waals surface area contributed by atoms with E-state index in [-0.39, 0.29) is 60.0 Å². The summed E-state index contributed by atoms with van der Waals surface area (Å²) < 4.78 is 53.4. The number of aryl methyl sites for hydroxylation is 1. The Bertz CT molecular complexity index is 1450. The number of amides is 1. The number of rotatable bonds is 5. The second-order valence-electron chi connectivity index (χ2n) is 10.2. The number of fused-ring (bicyclic) bond motifs is 1. The smallest absolute Gasteiger partial charge is 0.228 e. The summed E-state index contributed by atoms with van der Waals surface area (Å²) in [5.74, 6) is -1.62. The maximum Gasteiger partial charge on any atom is 0.228 e. The maximum absolute atomic E-state index is 15.4.